The number of piperidine rings is 1. The van der Waals surface area contributed by atoms with Crippen molar-refractivity contribution in [2.24, 2.45) is 0 Å². The van der Waals surface area contributed by atoms with Gasteiger partial charge in [-0.2, -0.15) is 5.26 Å². The van der Waals surface area contributed by atoms with Crippen LogP contribution in [0.2, 0.25) is 0 Å². The highest BCUT2D eigenvalue weighted by Crippen LogP contribution is 2.30. The Kier molecular flexibility index (Phi) is 7.14. The number of allylic oxidation sites excluding steroid dienone is 1. The number of halogens is 3. The normalized spacial score (nSPS) is 19.2. The Morgan fingerprint density at radius 1 is 1.41 bits per heavy atom. The van der Waals surface area contributed by atoms with E-state index in [0.717, 1.165) is 18.4 Å². The molecule has 10 heteroatoms. The number of amides is 2. The number of nitrogens with one attached hydrogen (secondary N) is 1. The van der Waals surface area contributed by atoms with Crippen LogP contribution in [0.15, 0.2) is 29.8 Å². The van der Waals surface area contributed by atoms with Crippen LogP contribution in [0.25, 0.3) is 0 Å². The second-order valence-electron chi connectivity index (χ2n) is 6.72. The van der Waals surface area contributed by atoms with E-state index in [9.17, 15) is 14.0 Å². The van der Waals surface area contributed by atoms with Gasteiger partial charge in [0.05, 0.1) is 30.5 Å². The highest BCUT2D eigenvalue weighted by atomic mass is 79.9. The van der Waals surface area contributed by atoms with Crippen molar-refractivity contribution in [2.45, 2.75) is 22.7 Å². The summed E-state index contributed by atoms with van der Waals surface area (Å²) in [4.78, 5) is 27.0. The van der Waals surface area contributed by atoms with Gasteiger partial charge in [0.2, 0.25) is 5.91 Å². The highest BCUT2D eigenvalue weighted by Gasteiger charge is 2.33. The summed E-state index contributed by atoms with van der Waals surface area (Å²) in [7, 11) is 0. The predicted octanol–water partition coefficient (Wildman–Crippen LogP) is 3.43. The van der Waals surface area contributed by atoms with Crippen LogP contribution in [0, 0.1) is 17.1 Å². The van der Waals surface area contributed by atoms with Gasteiger partial charge in [-0.15, -0.1) is 0 Å². The summed E-state index contributed by atoms with van der Waals surface area (Å²) in [6.07, 6.45) is 1.93. The maximum absolute atomic E-state index is 14.7. The molecular weight excluding hydrogens is 511 g/mol. The van der Waals surface area contributed by atoms with E-state index in [0.29, 0.717) is 24.5 Å². The smallest absolute Gasteiger partial charge is 0.414 e. The lowest BCUT2D eigenvalue weighted by Crippen LogP contribution is -2.36. The fraction of sp³-hybridized carbons (Fsp3) is 0.421. The first kappa shape index (κ1) is 21.6. The Labute approximate surface area is 184 Å². The van der Waals surface area contributed by atoms with E-state index >= 15 is 0 Å². The molecule has 29 heavy (non-hydrogen) atoms. The lowest BCUT2D eigenvalue weighted by molar-refractivity contribution is -0.119. The minimum atomic E-state index is -0.574. The molecule has 0 aromatic heterocycles. The van der Waals surface area contributed by atoms with Gasteiger partial charge in [0.1, 0.15) is 15.7 Å². The van der Waals surface area contributed by atoms with Crippen molar-refractivity contribution in [3.63, 3.8) is 0 Å². The molecule has 1 aromatic carbocycles. The van der Waals surface area contributed by atoms with Gasteiger partial charge < -0.3 is 15.0 Å². The van der Waals surface area contributed by atoms with Crippen LogP contribution in [0.5, 0.6) is 0 Å². The third-order valence-electron chi connectivity index (χ3n) is 4.83. The van der Waals surface area contributed by atoms with Crippen molar-refractivity contribution < 1.29 is 18.7 Å². The Balaban J connectivity index is 1.63. The molecule has 2 aliphatic heterocycles. The number of cyclic esters (lactones) is 1. The Morgan fingerprint density at radius 3 is 2.76 bits per heavy atom. The Hall–Kier alpha value is -2.12. The first-order valence-electron chi connectivity index (χ1n) is 9.05. The number of nitriles is 1. The van der Waals surface area contributed by atoms with E-state index in [1.165, 1.54) is 11.0 Å². The van der Waals surface area contributed by atoms with Crippen molar-refractivity contribution in [2.75, 3.05) is 36.0 Å². The van der Waals surface area contributed by atoms with E-state index < -0.39 is 21.8 Å². The fourth-order valence-electron chi connectivity index (χ4n) is 3.32. The number of rotatable bonds is 5. The summed E-state index contributed by atoms with van der Waals surface area (Å²) < 4.78 is 19.5. The number of carbonyl (C=O) groups excluding carboxylic acids is 2. The van der Waals surface area contributed by atoms with Gasteiger partial charge in [0, 0.05) is 19.2 Å². The van der Waals surface area contributed by atoms with Crippen molar-refractivity contribution in [3.8, 4) is 6.07 Å². The van der Waals surface area contributed by atoms with Crippen LogP contribution in [-0.4, -0.2) is 48.0 Å². The topological polar surface area (TPSA) is 85.7 Å². The molecule has 7 nitrogen and oxygen atoms in total. The number of nitrogens with zero attached hydrogens (tertiary/aromatic N) is 3. The number of benzene rings is 1. The molecule has 2 amide bonds. The number of hydrogen-bond acceptors (Lipinski definition) is 5. The van der Waals surface area contributed by atoms with E-state index in [-0.39, 0.29) is 19.0 Å². The summed E-state index contributed by atoms with van der Waals surface area (Å²) in [5.41, 5.74) is 1.96. The lowest BCUT2D eigenvalue weighted by atomic mass is 10.0. The molecule has 154 valence electrons. The van der Waals surface area contributed by atoms with Crippen molar-refractivity contribution in [1.29, 1.82) is 5.26 Å². The summed E-state index contributed by atoms with van der Waals surface area (Å²) >= 11 is 6.18. The quantitative estimate of drug-likeness (QED) is 0.466. The third kappa shape index (κ3) is 5.28. The minimum absolute atomic E-state index is 0.168. The molecule has 2 heterocycles. The molecule has 0 saturated carbocycles. The van der Waals surface area contributed by atoms with E-state index in [1.807, 2.05) is 11.0 Å². The molecule has 1 unspecified atom stereocenters. The summed E-state index contributed by atoms with van der Waals surface area (Å²) in [5, 5.41) is 11.4. The molecule has 3 rings (SSSR count). The van der Waals surface area contributed by atoms with Gasteiger partial charge >= 0.3 is 6.09 Å². The van der Waals surface area contributed by atoms with Crippen molar-refractivity contribution in [1.82, 2.24) is 5.32 Å². The number of anilines is 2. The number of ether oxygens (including phenoxy) is 1. The second-order valence-corrected chi connectivity index (χ2v) is 9.78. The maximum Gasteiger partial charge on any atom is 0.414 e. The summed E-state index contributed by atoms with van der Waals surface area (Å²) in [6.45, 7) is 1.67. The van der Waals surface area contributed by atoms with Crippen molar-refractivity contribution >= 4 is 55.2 Å². The van der Waals surface area contributed by atoms with Crippen molar-refractivity contribution in [3.05, 3.63) is 35.7 Å². The SMILES string of the molecule is N#CC=C1CCN(c2ccc(N3CC(CNC(=O)C(Br)Br)OC3=O)cc2F)CC1. The first-order chi connectivity index (χ1) is 13.9. The molecule has 0 spiro atoms. The largest absolute Gasteiger partial charge is 0.442 e. The second kappa shape index (κ2) is 9.59. The lowest BCUT2D eigenvalue weighted by Gasteiger charge is -2.30. The fourth-order valence-corrected chi connectivity index (χ4v) is 3.64. The van der Waals surface area contributed by atoms with Crippen LogP contribution < -0.4 is 15.1 Å². The monoisotopic (exact) mass is 528 g/mol. The van der Waals surface area contributed by atoms with Crippen LogP contribution in [0.4, 0.5) is 20.6 Å². The van der Waals surface area contributed by atoms with Gasteiger partial charge in [-0.3, -0.25) is 9.69 Å². The molecule has 1 atom stereocenters. The number of hydrogen-bond donors (Lipinski definition) is 1. The van der Waals surface area contributed by atoms with E-state index in [2.05, 4.69) is 37.2 Å². The predicted molar refractivity (Wildman–Crippen MR) is 114 cm³/mol. The van der Waals surface area contributed by atoms with E-state index in [4.69, 9.17) is 10.00 Å². The van der Waals surface area contributed by atoms with Gasteiger partial charge in [-0.25, -0.2) is 9.18 Å². The molecule has 0 bridgehead atoms. The Morgan fingerprint density at radius 2 is 2.14 bits per heavy atom. The molecule has 2 saturated heterocycles. The standard InChI is InChI=1S/C19H19Br2FN4O3/c20-17(21)18(27)24-10-14-11-26(19(28)29-14)13-1-2-16(15(22)9-13)25-7-4-12(3-6-23)5-8-25/h1-3,9,14,17H,4-5,7-8,10-11H2,(H,24,27). The molecule has 2 fully saturated rings. The zero-order valence-corrected chi connectivity index (χ0v) is 18.6. The molecule has 0 radical (unpaired) electrons. The minimum Gasteiger partial charge on any atom is -0.442 e. The third-order valence-corrected chi connectivity index (χ3v) is 5.67. The van der Waals surface area contributed by atoms with Crippen LogP contribution in [0.3, 0.4) is 0 Å². The average molecular weight is 530 g/mol. The van der Waals surface area contributed by atoms with Crippen LogP contribution in [0.1, 0.15) is 12.8 Å². The van der Waals surface area contributed by atoms with Gasteiger partial charge in [0.15, 0.2) is 0 Å². The first-order valence-corrected chi connectivity index (χ1v) is 10.9. The van der Waals surface area contributed by atoms with Gasteiger partial charge in [-0.1, -0.05) is 37.4 Å². The number of carbonyl (C=O) groups is 2. The summed E-state index contributed by atoms with van der Waals surface area (Å²) in [5.74, 6) is -0.689. The zero-order chi connectivity index (χ0) is 21.0. The molecular formula is C19H19Br2FN4O3. The van der Waals surface area contributed by atoms with Crippen LogP contribution >= 0.6 is 31.9 Å². The number of alkyl halides is 2. The van der Waals surface area contributed by atoms with Gasteiger partial charge in [0.25, 0.3) is 0 Å². The Bertz CT molecular complexity index is 862. The molecule has 1 aromatic rings. The summed E-state index contributed by atoms with van der Waals surface area (Å²) in [6, 6.07) is 6.71. The molecule has 2 aliphatic rings. The van der Waals surface area contributed by atoms with Crippen LogP contribution in [-0.2, 0) is 9.53 Å². The maximum atomic E-state index is 14.7. The van der Waals surface area contributed by atoms with E-state index in [1.54, 1.807) is 18.2 Å². The highest BCUT2D eigenvalue weighted by molar-refractivity contribution is 9.25. The van der Waals surface area contributed by atoms with Gasteiger partial charge in [-0.05, 0) is 31.0 Å². The average Bonchev–Trinajstić information content (AvgIpc) is 3.07. The molecule has 0 aliphatic carbocycles. The molecule has 1 N–H and O–H groups in total. The zero-order valence-electron chi connectivity index (χ0n) is 15.4.